The zero-order valence-electron chi connectivity index (χ0n) is 8.82. The van der Waals surface area contributed by atoms with Crippen molar-refractivity contribution in [2.45, 2.75) is 6.42 Å². The lowest BCUT2D eigenvalue weighted by atomic mass is 10.1. The molecule has 1 saturated heterocycles. The van der Waals surface area contributed by atoms with Crippen molar-refractivity contribution in [3.8, 4) is 5.75 Å². The zero-order valence-corrected chi connectivity index (χ0v) is 9.57. The number of hydrogen-bond donors (Lipinski definition) is 0. The summed E-state index contributed by atoms with van der Waals surface area (Å²) in [5.74, 6) is 0.877. The molecule has 1 fully saturated rings. The highest BCUT2D eigenvalue weighted by molar-refractivity contribution is 6.32. The van der Waals surface area contributed by atoms with Gasteiger partial charge in [0.15, 0.2) is 6.29 Å². The summed E-state index contributed by atoms with van der Waals surface area (Å²) in [6.45, 7) is 2.06. The summed E-state index contributed by atoms with van der Waals surface area (Å²) in [6.07, 6.45) is 1.76. The van der Waals surface area contributed by atoms with E-state index in [0.717, 1.165) is 25.9 Å². The van der Waals surface area contributed by atoms with Gasteiger partial charge >= 0.3 is 0 Å². The first-order chi connectivity index (χ1) is 7.81. The Bertz CT molecular complexity index is 373. The van der Waals surface area contributed by atoms with Crippen LogP contribution in [0.15, 0.2) is 18.2 Å². The summed E-state index contributed by atoms with van der Waals surface area (Å²) >= 11 is 5.98. The van der Waals surface area contributed by atoms with Gasteiger partial charge in [0, 0.05) is 12.5 Å². The Balaban J connectivity index is 2.04. The summed E-state index contributed by atoms with van der Waals surface area (Å²) in [4.78, 5) is 10.8. The normalized spacial score (nSPS) is 19.7. The van der Waals surface area contributed by atoms with Gasteiger partial charge in [-0.05, 0) is 18.6 Å². The Morgan fingerprint density at radius 1 is 1.56 bits per heavy atom. The molecule has 1 aromatic carbocycles. The van der Waals surface area contributed by atoms with Crippen molar-refractivity contribution in [3.63, 3.8) is 0 Å². The molecule has 2 rings (SSSR count). The van der Waals surface area contributed by atoms with Gasteiger partial charge in [-0.3, -0.25) is 4.79 Å². The minimum atomic E-state index is 0.399. The maximum absolute atomic E-state index is 10.8. The Labute approximate surface area is 99.3 Å². The quantitative estimate of drug-likeness (QED) is 0.759. The van der Waals surface area contributed by atoms with Crippen LogP contribution in [0.4, 0.5) is 0 Å². The number of rotatable bonds is 4. The molecule has 16 heavy (non-hydrogen) atoms. The van der Waals surface area contributed by atoms with E-state index in [2.05, 4.69) is 0 Å². The van der Waals surface area contributed by atoms with Crippen LogP contribution >= 0.6 is 11.6 Å². The SMILES string of the molecule is O=Cc1cccc(Cl)c1OCC1CCOC1. The number of halogens is 1. The fourth-order valence-electron chi connectivity index (χ4n) is 1.69. The predicted octanol–water partition coefficient (Wildman–Crippen LogP) is 2.57. The van der Waals surface area contributed by atoms with Gasteiger partial charge in [-0.1, -0.05) is 17.7 Å². The monoisotopic (exact) mass is 240 g/mol. The van der Waals surface area contributed by atoms with Gasteiger partial charge in [-0.2, -0.15) is 0 Å². The van der Waals surface area contributed by atoms with Gasteiger partial charge in [0.25, 0.3) is 0 Å². The molecule has 0 aliphatic carbocycles. The van der Waals surface area contributed by atoms with Gasteiger partial charge in [0.2, 0.25) is 0 Å². The molecule has 1 aromatic rings. The third-order valence-corrected chi connectivity index (χ3v) is 2.91. The van der Waals surface area contributed by atoms with Crippen molar-refractivity contribution < 1.29 is 14.3 Å². The molecule has 1 aliphatic heterocycles. The van der Waals surface area contributed by atoms with Crippen LogP contribution < -0.4 is 4.74 Å². The van der Waals surface area contributed by atoms with Gasteiger partial charge in [0.05, 0.1) is 23.8 Å². The van der Waals surface area contributed by atoms with Crippen LogP contribution in [0.3, 0.4) is 0 Å². The maximum Gasteiger partial charge on any atom is 0.153 e. The lowest BCUT2D eigenvalue weighted by Gasteiger charge is -2.12. The fraction of sp³-hybridized carbons (Fsp3) is 0.417. The number of benzene rings is 1. The van der Waals surface area contributed by atoms with E-state index >= 15 is 0 Å². The van der Waals surface area contributed by atoms with E-state index in [1.165, 1.54) is 0 Å². The van der Waals surface area contributed by atoms with Crippen LogP contribution in [-0.4, -0.2) is 26.1 Å². The second kappa shape index (κ2) is 5.32. The number of para-hydroxylation sites is 1. The van der Waals surface area contributed by atoms with Crippen molar-refractivity contribution in [1.82, 2.24) is 0 Å². The summed E-state index contributed by atoms with van der Waals surface area (Å²) in [7, 11) is 0. The average molecular weight is 241 g/mol. The molecule has 1 heterocycles. The van der Waals surface area contributed by atoms with E-state index in [0.29, 0.717) is 28.9 Å². The Morgan fingerprint density at radius 3 is 3.12 bits per heavy atom. The first kappa shape index (κ1) is 11.4. The predicted molar refractivity (Wildman–Crippen MR) is 61.3 cm³/mol. The molecule has 4 heteroatoms. The van der Waals surface area contributed by atoms with Crippen molar-refractivity contribution in [3.05, 3.63) is 28.8 Å². The molecule has 0 spiro atoms. The van der Waals surface area contributed by atoms with E-state index in [1.54, 1.807) is 18.2 Å². The van der Waals surface area contributed by atoms with Crippen LogP contribution in [0.1, 0.15) is 16.8 Å². The first-order valence-corrected chi connectivity index (χ1v) is 5.63. The Morgan fingerprint density at radius 2 is 2.44 bits per heavy atom. The maximum atomic E-state index is 10.8. The average Bonchev–Trinajstić information content (AvgIpc) is 2.80. The van der Waals surface area contributed by atoms with Gasteiger partial charge < -0.3 is 9.47 Å². The van der Waals surface area contributed by atoms with E-state index in [-0.39, 0.29) is 0 Å². The van der Waals surface area contributed by atoms with Crippen LogP contribution in [0.25, 0.3) is 0 Å². The smallest absolute Gasteiger partial charge is 0.153 e. The first-order valence-electron chi connectivity index (χ1n) is 5.25. The lowest BCUT2D eigenvalue weighted by molar-refractivity contribution is 0.111. The van der Waals surface area contributed by atoms with Crippen LogP contribution in [0.2, 0.25) is 5.02 Å². The number of aldehydes is 1. The van der Waals surface area contributed by atoms with Crippen LogP contribution in [0.5, 0.6) is 5.75 Å². The van der Waals surface area contributed by atoms with Crippen LogP contribution in [-0.2, 0) is 4.74 Å². The number of hydrogen-bond acceptors (Lipinski definition) is 3. The Hall–Kier alpha value is -1.06. The molecule has 0 amide bonds. The van der Waals surface area contributed by atoms with Gasteiger partial charge in [-0.25, -0.2) is 0 Å². The summed E-state index contributed by atoms with van der Waals surface area (Å²) in [5, 5.41) is 0.475. The molecule has 0 N–H and O–H groups in total. The highest BCUT2D eigenvalue weighted by Crippen LogP contribution is 2.28. The third-order valence-electron chi connectivity index (χ3n) is 2.61. The van der Waals surface area contributed by atoms with E-state index in [9.17, 15) is 4.79 Å². The minimum absolute atomic E-state index is 0.399. The second-order valence-electron chi connectivity index (χ2n) is 3.82. The molecule has 0 bridgehead atoms. The Kier molecular flexibility index (Phi) is 3.80. The topological polar surface area (TPSA) is 35.5 Å². The van der Waals surface area contributed by atoms with Crippen molar-refractivity contribution >= 4 is 17.9 Å². The van der Waals surface area contributed by atoms with E-state index < -0.39 is 0 Å². The highest BCUT2D eigenvalue weighted by atomic mass is 35.5. The summed E-state index contributed by atoms with van der Waals surface area (Å²) in [6, 6.07) is 5.14. The van der Waals surface area contributed by atoms with Crippen molar-refractivity contribution in [2.75, 3.05) is 19.8 Å². The van der Waals surface area contributed by atoms with Crippen molar-refractivity contribution in [2.24, 2.45) is 5.92 Å². The molecule has 0 aromatic heterocycles. The largest absolute Gasteiger partial charge is 0.491 e. The fourth-order valence-corrected chi connectivity index (χ4v) is 1.92. The lowest BCUT2D eigenvalue weighted by Crippen LogP contribution is -2.12. The van der Waals surface area contributed by atoms with Crippen LogP contribution in [0, 0.1) is 5.92 Å². The molecule has 86 valence electrons. The number of carbonyl (C=O) groups is 1. The van der Waals surface area contributed by atoms with E-state index in [4.69, 9.17) is 21.1 Å². The second-order valence-corrected chi connectivity index (χ2v) is 4.22. The van der Waals surface area contributed by atoms with Crippen molar-refractivity contribution in [1.29, 1.82) is 0 Å². The molecule has 1 atom stereocenters. The van der Waals surface area contributed by atoms with E-state index in [1.807, 2.05) is 0 Å². The number of ether oxygens (including phenoxy) is 2. The standard InChI is InChI=1S/C12H13ClO3/c13-11-3-1-2-10(6-14)12(11)16-8-9-4-5-15-7-9/h1-3,6,9H,4-5,7-8H2. The zero-order chi connectivity index (χ0) is 11.4. The van der Waals surface area contributed by atoms with Gasteiger partial charge in [-0.15, -0.1) is 0 Å². The molecule has 3 nitrogen and oxygen atoms in total. The summed E-state index contributed by atoms with van der Waals surface area (Å²) in [5.41, 5.74) is 0.492. The third kappa shape index (κ3) is 2.54. The molecule has 1 aliphatic rings. The highest BCUT2D eigenvalue weighted by Gasteiger charge is 2.17. The molecule has 0 saturated carbocycles. The molecular weight excluding hydrogens is 228 g/mol. The molecule has 1 unspecified atom stereocenters. The summed E-state index contributed by atoms with van der Waals surface area (Å²) < 4.78 is 10.8. The number of carbonyl (C=O) groups excluding carboxylic acids is 1. The van der Waals surface area contributed by atoms with Gasteiger partial charge in [0.1, 0.15) is 5.75 Å². The minimum Gasteiger partial charge on any atom is -0.491 e. The molecule has 0 radical (unpaired) electrons. The molecular formula is C12H13ClO3.